The highest BCUT2D eigenvalue weighted by atomic mass is 35.5. The standard InChI is InChI=1S/C20H21ClN6O4.C2H6/c1-27(15-5-6-17(29)26-18(15)30)19(31)12-3-2-4-14(13(12)11-28)22-9-10-23-16-7-8-24-20(21)25-16;1-2/h2-4,7-8,11,15,22H,5-6,9-10H2,1H3,(H,23,24,25)(H,26,29,30);1-2H3. The van der Waals surface area contributed by atoms with Crippen LogP contribution in [0.15, 0.2) is 30.5 Å². The topological polar surface area (TPSA) is 133 Å². The molecule has 0 spiro atoms. The highest BCUT2D eigenvalue weighted by Gasteiger charge is 2.33. The number of piperidine rings is 1. The summed E-state index contributed by atoms with van der Waals surface area (Å²) in [4.78, 5) is 57.3. The molecule has 176 valence electrons. The third-order valence-corrected chi connectivity index (χ3v) is 5.01. The predicted octanol–water partition coefficient (Wildman–Crippen LogP) is 2.37. The van der Waals surface area contributed by atoms with E-state index in [1.807, 2.05) is 13.8 Å². The zero-order valence-electron chi connectivity index (χ0n) is 18.7. The monoisotopic (exact) mass is 474 g/mol. The van der Waals surface area contributed by atoms with E-state index in [1.54, 1.807) is 18.2 Å². The van der Waals surface area contributed by atoms with E-state index in [1.165, 1.54) is 24.2 Å². The van der Waals surface area contributed by atoms with E-state index in [0.29, 0.717) is 30.9 Å². The van der Waals surface area contributed by atoms with Crippen molar-refractivity contribution in [2.24, 2.45) is 0 Å². The van der Waals surface area contributed by atoms with Crippen molar-refractivity contribution in [3.05, 3.63) is 46.9 Å². The Morgan fingerprint density at radius 3 is 2.64 bits per heavy atom. The van der Waals surface area contributed by atoms with Crippen molar-refractivity contribution < 1.29 is 19.2 Å². The second-order valence-electron chi connectivity index (χ2n) is 6.83. The Hall–Kier alpha value is -3.53. The van der Waals surface area contributed by atoms with Gasteiger partial charge in [0.1, 0.15) is 11.9 Å². The summed E-state index contributed by atoms with van der Waals surface area (Å²) in [7, 11) is 1.48. The zero-order valence-corrected chi connectivity index (χ0v) is 19.5. The van der Waals surface area contributed by atoms with Gasteiger partial charge in [0.25, 0.3) is 5.91 Å². The van der Waals surface area contributed by atoms with Crippen molar-refractivity contribution in [2.45, 2.75) is 32.7 Å². The van der Waals surface area contributed by atoms with Crippen molar-refractivity contribution >= 4 is 47.1 Å². The summed E-state index contributed by atoms with van der Waals surface area (Å²) in [5.41, 5.74) is 0.847. The molecule has 2 heterocycles. The summed E-state index contributed by atoms with van der Waals surface area (Å²) in [6.45, 7) is 4.91. The molecule has 11 heteroatoms. The minimum Gasteiger partial charge on any atom is -0.383 e. The minimum atomic E-state index is -0.773. The van der Waals surface area contributed by atoms with Crippen molar-refractivity contribution in [3.8, 4) is 0 Å². The SMILES string of the molecule is CC.CN(C(=O)c1cccc(NCCNc2ccnc(Cl)n2)c1C=O)C1CCC(=O)NC1=O. The Balaban J connectivity index is 0.00000187. The van der Waals surface area contributed by atoms with Crippen LogP contribution in [0.5, 0.6) is 0 Å². The van der Waals surface area contributed by atoms with Crippen molar-refractivity contribution in [1.82, 2.24) is 20.2 Å². The van der Waals surface area contributed by atoms with Crippen LogP contribution in [0.3, 0.4) is 0 Å². The third-order valence-electron chi connectivity index (χ3n) is 4.83. The molecule has 10 nitrogen and oxygen atoms in total. The van der Waals surface area contributed by atoms with Crippen LogP contribution in [0.1, 0.15) is 47.4 Å². The molecule has 1 aromatic carbocycles. The predicted molar refractivity (Wildman–Crippen MR) is 125 cm³/mol. The van der Waals surface area contributed by atoms with Gasteiger partial charge in [-0.2, -0.15) is 0 Å². The van der Waals surface area contributed by atoms with Crippen LogP contribution in [0.4, 0.5) is 11.5 Å². The fourth-order valence-corrected chi connectivity index (χ4v) is 3.38. The molecular formula is C22H27ClN6O4. The largest absolute Gasteiger partial charge is 0.383 e. The van der Waals surface area contributed by atoms with E-state index < -0.39 is 17.9 Å². The van der Waals surface area contributed by atoms with Crippen LogP contribution < -0.4 is 16.0 Å². The van der Waals surface area contributed by atoms with E-state index in [2.05, 4.69) is 25.9 Å². The molecule has 3 rings (SSSR count). The van der Waals surface area contributed by atoms with E-state index in [9.17, 15) is 19.2 Å². The summed E-state index contributed by atoms with van der Waals surface area (Å²) in [6, 6.07) is 5.77. The molecule has 1 aliphatic rings. The minimum absolute atomic E-state index is 0.132. The molecule has 1 aromatic heterocycles. The highest BCUT2D eigenvalue weighted by Crippen LogP contribution is 2.21. The van der Waals surface area contributed by atoms with E-state index in [0.717, 1.165) is 0 Å². The fourth-order valence-electron chi connectivity index (χ4n) is 3.24. The van der Waals surface area contributed by atoms with Gasteiger partial charge in [0.05, 0.1) is 11.1 Å². The number of hydrogen-bond acceptors (Lipinski definition) is 8. The average Bonchev–Trinajstić information content (AvgIpc) is 2.82. The number of aldehydes is 1. The van der Waals surface area contributed by atoms with Crippen molar-refractivity contribution in [1.29, 1.82) is 0 Å². The number of aromatic nitrogens is 2. The zero-order chi connectivity index (χ0) is 24.4. The molecule has 1 atom stereocenters. The first-order valence-corrected chi connectivity index (χ1v) is 10.9. The number of likely N-dealkylation sites (N-methyl/N-ethyl adjacent to an activating group) is 1. The molecule has 0 bridgehead atoms. The Morgan fingerprint density at radius 1 is 1.24 bits per heavy atom. The smallest absolute Gasteiger partial charge is 0.255 e. The number of hydrogen-bond donors (Lipinski definition) is 3. The van der Waals surface area contributed by atoms with Gasteiger partial charge in [0.15, 0.2) is 6.29 Å². The van der Waals surface area contributed by atoms with Crippen molar-refractivity contribution in [3.63, 3.8) is 0 Å². The van der Waals surface area contributed by atoms with Crippen LogP contribution >= 0.6 is 11.6 Å². The maximum Gasteiger partial charge on any atom is 0.255 e. The van der Waals surface area contributed by atoms with Crippen LogP contribution in [0.25, 0.3) is 0 Å². The lowest BCUT2D eigenvalue weighted by atomic mass is 10.0. The summed E-state index contributed by atoms with van der Waals surface area (Å²) < 4.78 is 0. The summed E-state index contributed by atoms with van der Waals surface area (Å²) >= 11 is 5.74. The van der Waals surface area contributed by atoms with Gasteiger partial charge < -0.3 is 15.5 Å². The number of halogens is 1. The van der Waals surface area contributed by atoms with Crippen LogP contribution in [0.2, 0.25) is 5.28 Å². The molecular weight excluding hydrogens is 448 g/mol. The lowest BCUT2D eigenvalue weighted by Crippen LogP contribution is -2.53. The Bertz CT molecular complexity index is 1020. The molecule has 1 unspecified atom stereocenters. The van der Waals surface area contributed by atoms with Gasteiger partial charge >= 0.3 is 0 Å². The number of nitrogens with zero attached hydrogens (tertiary/aromatic N) is 3. The van der Waals surface area contributed by atoms with Crippen molar-refractivity contribution in [2.75, 3.05) is 30.8 Å². The second-order valence-corrected chi connectivity index (χ2v) is 7.17. The third kappa shape index (κ3) is 6.72. The Morgan fingerprint density at radius 2 is 1.97 bits per heavy atom. The molecule has 1 aliphatic heterocycles. The number of amides is 3. The number of carbonyl (C=O) groups is 4. The first-order valence-electron chi connectivity index (χ1n) is 10.6. The van der Waals surface area contributed by atoms with Gasteiger partial charge in [-0.1, -0.05) is 19.9 Å². The summed E-state index contributed by atoms with van der Waals surface area (Å²) in [5.74, 6) is -0.800. The lowest BCUT2D eigenvalue weighted by Gasteiger charge is -2.30. The number of anilines is 2. The van der Waals surface area contributed by atoms with Gasteiger partial charge in [0, 0.05) is 38.4 Å². The molecule has 3 N–H and O–H groups in total. The first-order chi connectivity index (χ1) is 15.9. The number of carbonyl (C=O) groups excluding carboxylic acids is 4. The van der Waals surface area contributed by atoms with E-state index >= 15 is 0 Å². The Kier molecular flexibility index (Phi) is 9.74. The van der Waals surface area contributed by atoms with Crippen LogP contribution in [-0.2, 0) is 9.59 Å². The van der Waals surface area contributed by atoms with Crippen LogP contribution in [-0.4, -0.2) is 65.1 Å². The van der Waals surface area contributed by atoms with Gasteiger partial charge in [-0.3, -0.25) is 24.5 Å². The van der Waals surface area contributed by atoms with Gasteiger partial charge in [-0.25, -0.2) is 9.97 Å². The molecule has 33 heavy (non-hydrogen) atoms. The van der Waals surface area contributed by atoms with E-state index in [4.69, 9.17) is 11.6 Å². The average molecular weight is 475 g/mol. The number of rotatable bonds is 8. The van der Waals surface area contributed by atoms with E-state index in [-0.39, 0.29) is 35.2 Å². The number of nitrogens with one attached hydrogen (secondary N) is 3. The second kappa shape index (κ2) is 12.5. The molecule has 1 fully saturated rings. The van der Waals surface area contributed by atoms with Gasteiger partial charge in [-0.05, 0) is 36.2 Å². The molecule has 0 radical (unpaired) electrons. The van der Waals surface area contributed by atoms with Gasteiger partial charge in [-0.15, -0.1) is 0 Å². The highest BCUT2D eigenvalue weighted by molar-refractivity contribution is 6.28. The lowest BCUT2D eigenvalue weighted by molar-refractivity contribution is -0.136. The molecule has 3 amide bonds. The first kappa shape index (κ1) is 25.7. The fraction of sp³-hybridized carbons (Fsp3) is 0.364. The maximum atomic E-state index is 13.0. The molecule has 0 saturated carbocycles. The molecule has 2 aromatic rings. The summed E-state index contributed by atoms with van der Waals surface area (Å²) in [5, 5.41) is 8.54. The normalized spacial score (nSPS) is 15.0. The maximum absolute atomic E-state index is 13.0. The quantitative estimate of drug-likeness (QED) is 0.230. The number of imide groups is 1. The molecule has 1 saturated heterocycles. The number of benzene rings is 1. The summed E-state index contributed by atoms with van der Waals surface area (Å²) in [6.07, 6.45) is 2.52. The van der Waals surface area contributed by atoms with Crippen LogP contribution in [0, 0.1) is 0 Å². The van der Waals surface area contributed by atoms with Gasteiger partial charge in [0.2, 0.25) is 17.1 Å². The Labute approximate surface area is 197 Å². The molecule has 0 aliphatic carbocycles.